The number of aryl methyl sites for hydroxylation is 1. The summed E-state index contributed by atoms with van der Waals surface area (Å²) in [5.41, 5.74) is 0. The summed E-state index contributed by atoms with van der Waals surface area (Å²) in [6.45, 7) is 5.55. The molecule has 1 aromatic rings. The minimum Gasteiger partial charge on any atom is -0.290 e. The molecule has 1 amide bonds. The second kappa shape index (κ2) is 3.83. The molecule has 0 fully saturated rings. The van der Waals surface area contributed by atoms with E-state index in [9.17, 15) is 4.79 Å². The minimum absolute atomic E-state index is 0.00536. The van der Waals surface area contributed by atoms with Crippen LogP contribution in [0.3, 0.4) is 0 Å². The number of hydrogen-bond acceptors (Lipinski definition) is 4. The third-order valence-corrected chi connectivity index (χ3v) is 2.51. The third kappa shape index (κ3) is 2.24. The maximum atomic E-state index is 11.5. The quantitative estimate of drug-likeness (QED) is 0.724. The molecule has 0 unspecified atom stereocenters. The molecule has 0 atom stereocenters. The number of nitrogens with zero attached hydrogens (tertiary/aromatic N) is 3. The van der Waals surface area contributed by atoms with Gasteiger partial charge in [-0.15, -0.1) is 0 Å². The summed E-state index contributed by atoms with van der Waals surface area (Å²) >= 11 is 1.25. The Morgan fingerprint density at radius 2 is 2.15 bits per heavy atom. The van der Waals surface area contributed by atoms with E-state index in [-0.39, 0.29) is 11.8 Å². The molecule has 5 heteroatoms. The van der Waals surface area contributed by atoms with Crippen molar-refractivity contribution < 1.29 is 4.79 Å². The van der Waals surface area contributed by atoms with Gasteiger partial charge in [0.1, 0.15) is 5.82 Å². The van der Waals surface area contributed by atoms with Crippen LogP contribution in [0.2, 0.25) is 0 Å². The largest absolute Gasteiger partial charge is 0.290 e. The van der Waals surface area contributed by atoms with Crippen molar-refractivity contribution in [3.63, 3.8) is 0 Å². The molecule has 0 aromatic carbocycles. The van der Waals surface area contributed by atoms with E-state index < -0.39 is 0 Å². The molecular weight excluding hydrogens is 186 g/mol. The summed E-state index contributed by atoms with van der Waals surface area (Å²) < 4.78 is 4.02. The summed E-state index contributed by atoms with van der Waals surface area (Å²) in [5, 5.41) is 0.663. The van der Waals surface area contributed by atoms with E-state index in [0.29, 0.717) is 11.0 Å². The van der Waals surface area contributed by atoms with Crippen molar-refractivity contribution in [1.82, 2.24) is 9.36 Å². The standard InChI is InChI=1S/C8H13N3OS/c1-5(2)7(12)11(4)8-9-6(3)10-13-8/h5H,1-4H3. The van der Waals surface area contributed by atoms with Crippen molar-refractivity contribution in [2.24, 2.45) is 5.92 Å². The van der Waals surface area contributed by atoms with E-state index in [1.54, 1.807) is 11.9 Å². The molecule has 72 valence electrons. The lowest BCUT2D eigenvalue weighted by Crippen LogP contribution is -2.30. The zero-order valence-corrected chi connectivity index (χ0v) is 9.05. The Morgan fingerprint density at radius 3 is 2.54 bits per heavy atom. The molecule has 0 bridgehead atoms. The molecule has 0 radical (unpaired) electrons. The topological polar surface area (TPSA) is 46.1 Å². The lowest BCUT2D eigenvalue weighted by atomic mass is 10.2. The Balaban J connectivity index is 2.79. The number of hydrogen-bond donors (Lipinski definition) is 0. The van der Waals surface area contributed by atoms with Gasteiger partial charge in [0, 0.05) is 24.5 Å². The highest BCUT2D eigenvalue weighted by molar-refractivity contribution is 7.09. The van der Waals surface area contributed by atoms with Gasteiger partial charge in [-0.05, 0) is 6.92 Å². The Labute approximate surface area is 81.8 Å². The molecular formula is C8H13N3OS. The Morgan fingerprint density at radius 1 is 1.54 bits per heavy atom. The number of carbonyl (C=O) groups excluding carboxylic acids is 1. The van der Waals surface area contributed by atoms with E-state index in [1.165, 1.54) is 11.5 Å². The second-order valence-electron chi connectivity index (χ2n) is 3.18. The molecule has 0 saturated heterocycles. The molecule has 1 heterocycles. The first kappa shape index (κ1) is 10.1. The van der Waals surface area contributed by atoms with Crippen LogP contribution in [-0.4, -0.2) is 22.3 Å². The molecule has 0 N–H and O–H groups in total. The summed E-state index contributed by atoms with van der Waals surface area (Å²) in [5.74, 6) is 0.772. The van der Waals surface area contributed by atoms with E-state index in [4.69, 9.17) is 0 Å². The highest BCUT2D eigenvalue weighted by Crippen LogP contribution is 2.16. The summed E-state index contributed by atoms with van der Waals surface area (Å²) in [4.78, 5) is 17.2. The first-order chi connectivity index (χ1) is 6.02. The van der Waals surface area contributed by atoms with Gasteiger partial charge in [-0.25, -0.2) is 4.98 Å². The number of carbonyl (C=O) groups is 1. The number of rotatable bonds is 2. The fraction of sp³-hybridized carbons (Fsp3) is 0.625. The molecule has 0 saturated carbocycles. The van der Waals surface area contributed by atoms with Crippen LogP contribution in [0.4, 0.5) is 5.13 Å². The molecule has 4 nitrogen and oxygen atoms in total. The first-order valence-corrected chi connectivity index (χ1v) is 4.87. The van der Waals surface area contributed by atoms with Crippen molar-refractivity contribution in [3.8, 4) is 0 Å². The summed E-state index contributed by atoms with van der Waals surface area (Å²) in [6, 6.07) is 0. The smallest absolute Gasteiger partial charge is 0.231 e. The van der Waals surface area contributed by atoms with Gasteiger partial charge in [-0.1, -0.05) is 13.8 Å². The average Bonchev–Trinajstić information content (AvgIpc) is 2.49. The third-order valence-electron chi connectivity index (χ3n) is 1.63. The molecule has 0 aliphatic carbocycles. The highest BCUT2D eigenvalue weighted by Gasteiger charge is 2.17. The van der Waals surface area contributed by atoms with Crippen LogP contribution in [0.1, 0.15) is 19.7 Å². The van der Waals surface area contributed by atoms with Crippen molar-refractivity contribution in [1.29, 1.82) is 0 Å². The predicted octanol–water partition coefficient (Wildman–Crippen LogP) is 1.47. The summed E-state index contributed by atoms with van der Waals surface area (Å²) in [6.07, 6.45) is 0. The van der Waals surface area contributed by atoms with Crippen molar-refractivity contribution in [2.75, 3.05) is 11.9 Å². The maximum Gasteiger partial charge on any atom is 0.231 e. The Hall–Kier alpha value is -0.970. The van der Waals surface area contributed by atoms with Gasteiger partial charge in [0.2, 0.25) is 11.0 Å². The second-order valence-corrected chi connectivity index (χ2v) is 3.91. The van der Waals surface area contributed by atoms with Crippen molar-refractivity contribution in [2.45, 2.75) is 20.8 Å². The molecule has 0 spiro atoms. The Bertz CT molecular complexity index is 308. The maximum absolute atomic E-state index is 11.5. The summed E-state index contributed by atoms with van der Waals surface area (Å²) in [7, 11) is 1.72. The zero-order valence-electron chi connectivity index (χ0n) is 8.24. The lowest BCUT2D eigenvalue weighted by Gasteiger charge is -2.14. The molecule has 1 rings (SSSR count). The van der Waals surface area contributed by atoms with Crippen molar-refractivity contribution >= 4 is 22.6 Å². The number of amides is 1. The van der Waals surface area contributed by atoms with E-state index in [0.717, 1.165) is 0 Å². The van der Waals surface area contributed by atoms with Crippen LogP contribution >= 0.6 is 11.5 Å². The molecule has 1 aromatic heterocycles. The first-order valence-electron chi connectivity index (χ1n) is 4.10. The normalized spacial score (nSPS) is 10.5. The van der Waals surface area contributed by atoms with Crippen LogP contribution in [-0.2, 0) is 4.79 Å². The monoisotopic (exact) mass is 199 g/mol. The van der Waals surface area contributed by atoms with E-state index in [1.807, 2.05) is 20.8 Å². The van der Waals surface area contributed by atoms with Gasteiger partial charge < -0.3 is 0 Å². The van der Waals surface area contributed by atoms with Crippen LogP contribution in [0.15, 0.2) is 0 Å². The van der Waals surface area contributed by atoms with Crippen LogP contribution in [0, 0.1) is 12.8 Å². The van der Waals surface area contributed by atoms with Crippen LogP contribution in [0.5, 0.6) is 0 Å². The molecule has 0 aliphatic rings. The average molecular weight is 199 g/mol. The van der Waals surface area contributed by atoms with Gasteiger partial charge in [0.15, 0.2) is 0 Å². The van der Waals surface area contributed by atoms with Crippen molar-refractivity contribution in [3.05, 3.63) is 5.82 Å². The van der Waals surface area contributed by atoms with E-state index >= 15 is 0 Å². The van der Waals surface area contributed by atoms with Gasteiger partial charge in [-0.2, -0.15) is 4.37 Å². The fourth-order valence-electron chi connectivity index (χ4n) is 0.904. The molecule has 13 heavy (non-hydrogen) atoms. The number of anilines is 1. The van der Waals surface area contributed by atoms with Crippen LogP contribution < -0.4 is 4.90 Å². The van der Waals surface area contributed by atoms with Crippen LogP contribution in [0.25, 0.3) is 0 Å². The van der Waals surface area contributed by atoms with E-state index in [2.05, 4.69) is 9.36 Å². The molecule has 0 aliphatic heterocycles. The SMILES string of the molecule is Cc1nsc(N(C)C(=O)C(C)C)n1. The number of aromatic nitrogens is 2. The zero-order chi connectivity index (χ0) is 10.0. The predicted molar refractivity (Wildman–Crippen MR) is 52.9 cm³/mol. The van der Waals surface area contributed by atoms with Gasteiger partial charge in [-0.3, -0.25) is 9.69 Å². The Kier molecular flexibility index (Phi) is 2.98. The van der Waals surface area contributed by atoms with Gasteiger partial charge >= 0.3 is 0 Å². The van der Waals surface area contributed by atoms with Gasteiger partial charge in [0.25, 0.3) is 0 Å². The lowest BCUT2D eigenvalue weighted by molar-refractivity contribution is -0.121. The fourth-order valence-corrected chi connectivity index (χ4v) is 1.54. The van der Waals surface area contributed by atoms with Gasteiger partial charge in [0.05, 0.1) is 0 Å². The highest BCUT2D eigenvalue weighted by atomic mass is 32.1. The minimum atomic E-state index is -0.00536.